The lowest BCUT2D eigenvalue weighted by Gasteiger charge is -2.21. The Labute approximate surface area is 123 Å². The van der Waals surface area contributed by atoms with Gasteiger partial charge >= 0.3 is 7.82 Å². The topological polar surface area (TPSA) is 96.8 Å². The molecule has 0 heterocycles. The second kappa shape index (κ2) is 7.24. The zero-order valence-electron chi connectivity index (χ0n) is 11.3. The fourth-order valence-corrected chi connectivity index (χ4v) is 2.79. The molecule has 4 N–H and O–H groups in total. The maximum atomic E-state index is 12.7. The maximum absolute atomic E-state index is 12.7. The lowest BCUT2D eigenvalue weighted by atomic mass is 10.3. The fraction of sp³-hybridized carbons (Fsp3) is 0.143. The highest BCUT2D eigenvalue weighted by Crippen LogP contribution is 2.49. The van der Waals surface area contributed by atoms with E-state index in [1.807, 2.05) is 12.1 Å². The van der Waals surface area contributed by atoms with Gasteiger partial charge in [-0.2, -0.15) is 0 Å². The van der Waals surface area contributed by atoms with E-state index >= 15 is 0 Å². The normalized spacial score (nSPS) is 12.7. The Morgan fingerprint density at radius 3 is 1.71 bits per heavy atom. The number of para-hydroxylation sites is 2. The van der Waals surface area contributed by atoms with Gasteiger partial charge in [-0.15, -0.1) is 0 Å². The first-order chi connectivity index (χ1) is 10.1. The van der Waals surface area contributed by atoms with Gasteiger partial charge < -0.3 is 20.5 Å². The summed E-state index contributed by atoms with van der Waals surface area (Å²) in [5.41, 5.74) is 11.0. The average molecular weight is 308 g/mol. The van der Waals surface area contributed by atoms with Gasteiger partial charge in [0.15, 0.2) is 0 Å². The minimum absolute atomic E-state index is 0.0136. The van der Waals surface area contributed by atoms with E-state index in [0.29, 0.717) is 11.5 Å². The first kappa shape index (κ1) is 15.5. The molecule has 0 amide bonds. The van der Waals surface area contributed by atoms with E-state index in [1.54, 1.807) is 48.5 Å². The van der Waals surface area contributed by atoms with Crippen LogP contribution in [0, 0.1) is 0 Å². The first-order valence-electron chi connectivity index (χ1n) is 6.35. The molecule has 0 aliphatic heterocycles. The van der Waals surface area contributed by atoms with Crippen LogP contribution in [0.15, 0.2) is 60.7 Å². The van der Waals surface area contributed by atoms with Crippen LogP contribution in [-0.2, 0) is 9.09 Å². The third-order valence-corrected chi connectivity index (χ3v) is 3.82. The van der Waals surface area contributed by atoms with Gasteiger partial charge in [0.05, 0.1) is 0 Å². The Bertz CT molecular complexity index is 549. The Hall–Kier alpha value is -1.85. The summed E-state index contributed by atoms with van der Waals surface area (Å²) in [7, 11) is -3.94. The summed E-state index contributed by atoms with van der Waals surface area (Å²) in [6.07, 6.45) is -0.955. The smallest absolute Gasteiger partial charge is 0.395 e. The first-order valence-corrected chi connectivity index (χ1v) is 7.81. The highest BCUT2D eigenvalue weighted by atomic mass is 31.2. The second-order valence-corrected chi connectivity index (χ2v) is 5.61. The predicted octanol–water partition coefficient (Wildman–Crippen LogP) is 2.51. The molecular formula is C14H17N2O4P. The van der Waals surface area contributed by atoms with Crippen LogP contribution < -0.4 is 20.5 Å². The minimum Gasteiger partial charge on any atom is -0.395 e. The molecule has 1 unspecified atom stereocenters. The summed E-state index contributed by atoms with van der Waals surface area (Å²) in [6, 6.07) is 17.1. The molecule has 0 fully saturated rings. The van der Waals surface area contributed by atoms with E-state index in [4.69, 9.17) is 25.0 Å². The zero-order valence-corrected chi connectivity index (χ0v) is 12.2. The van der Waals surface area contributed by atoms with E-state index in [2.05, 4.69) is 0 Å². The van der Waals surface area contributed by atoms with Crippen molar-refractivity contribution in [3.63, 3.8) is 0 Å². The Morgan fingerprint density at radius 2 is 1.33 bits per heavy atom. The molecule has 2 rings (SSSR count). The molecule has 0 saturated carbocycles. The van der Waals surface area contributed by atoms with Gasteiger partial charge in [-0.1, -0.05) is 36.4 Å². The quantitative estimate of drug-likeness (QED) is 0.602. The molecular weight excluding hydrogens is 291 g/mol. The van der Waals surface area contributed by atoms with E-state index in [0.717, 1.165) is 0 Å². The standard InChI is InChI=1S/C14H17N2O4P/c15-11-14(16)20-21(17,18-12-7-3-1-4-8-12)19-13-9-5-2-6-10-13/h1-10,14H,11,15-16H2. The van der Waals surface area contributed by atoms with Crippen molar-refractivity contribution in [1.29, 1.82) is 0 Å². The van der Waals surface area contributed by atoms with Crippen LogP contribution in [0.2, 0.25) is 0 Å². The summed E-state index contributed by atoms with van der Waals surface area (Å²) in [4.78, 5) is 0. The fourth-order valence-electron chi connectivity index (χ4n) is 1.49. The molecule has 21 heavy (non-hydrogen) atoms. The van der Waals surface area contributed by atoms with E-state index in [9.17, 15) is 4.57 Å². The zero-order chi connectivity index (χ0) is 15.1. The predicted molar refractivity (Wildman–Crippen MR) is 79.9 cm³/mol. The largest absolute Gasteiger partial charge is 0.589 e. The summed E-state index contributed by atoms with van der Waals surface area (Å²) in [6.45, 7) is -0.0136. The number of hydrogen-bond acceptors (Lipinski definition) is 6. The monoisotopic (exact) mass is 308 g/mol. The Morgan fingerprint density at radius 1 is 0.905 bits per heavy atom. The van der Waals surface area contributed by atoms with Gasteiger partial charge in [0, 0.05) is 6.54 Å². The third kappa shape index (κ3) is 4.88. The molecule has 0 aliphatic carbocycles. The van der Waals surface area contributed by atoms with Gasteiger partial charge in [0.1, 0.15) is 17.7 Å². The van der Waals surface area contributed by atoms with Crippen molar-refractivity contribution in [2.45, 2.75) is 6.23 Å². The van der Waals surface area contributed by atoms with Gasteiger partial charge in [0.2, 0.25) is 0 Å². The minimum atomic E-state index is -3.94. The average Bonchev–Trinajstić information content (AvgIpc) is 2.48. The molecule has 2 aromatic rings. The van der Waals surface area contributed by atoms with Gasteiger partial charge in [0.25, 0.3) is 0 Å². The number of nitrogens with two attached hydrogens (primary N) is 2. The molecule has 2 aromatic carbocycles. The van der Waals surface area contributed by atoms with Crippen molar-refractivity contribution >= 4 is 7.82 Å². The summed E-state index contributed by atoms with van der Waals surface area (Å²) >= 11 is 0. The summed E-state index contributed by atoms with van der Waals surface area (Å²) in [5, 5.41) is 0. The molecule has 0 aromatic heterocycles. The van der Waals surface area contributed by atoms with E-state index in [-0.39, 0.29) is 6.54 Å². The van der Waals surface area contributed by atoms with Crippen LogP contribution in [0.4, 0.5) is 0 Å². The van der Waals surface area contributed by atoms with Crippen molar-refractivity contribution in [3.8, 4) is 11.5 Å². The summed E-state index contributed by atoms with van der Waals surface area (Å²) in [5.74, 6) is 0.696. The van der Waals surface area contributed by atoms with Crippen LogP contribution in [0.3, 0.4) is 0 Å². The Kier molecular flexibility index (Phi) is 5.36. The van der Waals surface area contributed by atoms with Crippen molar-refractivity contribution in [2.75, 3.05) is 6.54 Å². The maximum Gasteiger partial charge on any atom is 0.589 e. The third-order valence-electron chi connectivity index (χ3n) is 2.42. The van der Waals surface area contributed by atoms with Crippen LogP contribution >= 0.6 is 7.82 Å². The number of phosphoric acid groups is 1. The van der Waals surface area contributed by atoms with Gasteiger partial charge in [-0.25, -0.2) is 9.09 Å². The number of hydrogen-bond donors (Lipinski definition) is 2. The van der Waals surface area contributed by atoms with Crippen molar-refractivity contribution in [1.82, 2.24) is 0 Å². The highest BCUT2D eigenvalue weighted by Gasteiger charge is 2.33. The van der Waals surface area contributed by atoms with E-state index in [1.165, 1.54) is 0 Å². The highest BCUT2D eigenvalue weighted by molar-refractivity contribution is 7.49. The molecule has 0 aliphatic rings. The van der Waals surface area contributed by atoms with Crippen LogP contribution in [0.5, 0.6) is 11.5 Å². The van der Waals surface area contributed by atoms with Crippen molar-refractivity contribution in [3.05, 3.63) is 60.7 Å². The Balaban J connectivity index is 2.19. The molecule has 1 atom stereocenters. The summed E-state index contributed by atoms with van der Waals surface area (Å²) < 4.78 is 28.6. The second-order valence-electron chi connectivity index (χ2n) is 4.14. The molecule has 112 valence electrons. The molecule has 6 nitrogen and oxygen atoms in total. The van der Waals surface area contributed by atoms with Crippen molar-refractivity contribution in [2.24, 2.45) is 11.5 Å². The SMILES string of the molecule is NCC(N)OP(=O)(Oc1ccccc1)Oc1ccccc1. The van der Waals surface area contributed by atoms with Gasteiger partial charge in [-0.05, 0) is 24.3 Å². The van der Waals surface area contributed by atoms with Gasteiger partial charge in [-0.3, -0.25) is 0 Å². The molecule has 0 bridgehead atoms. The lowest BCUT2D eigenvalue weighted by molar-refractivity contribution is 0.152. The lowest BCUT2D eigenvalue weighted by Crippen LogP contribution is -2.32. The number of rotatable bonds is 7. The number of phosphoric ester groups is 1. The van der Waals surface area contributed by atoms with Crippen LogP contribution in [-0.4, -0.2) is 12.8 Å². The van der Waals surface area contributed by atoms with Crippen LogP contribution in [0.25, 0.3) is 0 Å². The van der Waals surface area contributed by atoms with Crippen molar-refractivity contribution < 1.29 is 18.1 Å². The molecule has 0 saturated heterocycles. The molecule has 7 heteroatoms. The molecule has 0 spiro atoms. The van der Waals surface area contributed by atoms with Crippen LogP contribution in [0.1, 0.15) is 0 Å². The van der Waals surface area contributed by atoms with E-state index < -0.39 is 14.1 Å². The number of benzene rings is 2. The molecule has 0 radical (unpaired) electrons.